The minimum absolute atomic E-state index is 0.196. The van der Waals surface area contributed by atoms with Crippen LogP contribution >= 0.6 is 0 Å². The first kappa shape index (κ1) is 24.3. The van der Waals surface area contributed by atoms with Gasteiger partial charge in [0, 0.05) is 38.3 Å². The fourth-order valence-electron chi connectivity index (χ4n) is 4.95. The molecule has 1 aliphatic rings. The number of nitrogens with one attached hydrogen (secondary N) is 2. The van der Waals surface area contributed by atoms with Gasteiger partial charge in [0.15, 0.2) is 0 Å². The Labute approximate surface area is 217 Å². The monoisotopic (exact) mass is 520 g/mol. The maximum absolute atomic E-state index is 13.0. The SMILES string of the molecule is Cc1cccc(-c2nc3c(N4CCN(CCOc5cccc6[nH]c(C(F)(F)F)nc56)CC4)cccc3[nH]2)c1. The van der Waals surface area contributed by atoms with Gasteiger partial charge in [0.05, 0.1) is 16.7 Å². The predicted molar refractivity (Wildman–Crippen MR) is 142 cm³/mol. The van der Waals surface area contributed by atoms with Gasteiger partial charge in [-0.15, -0.1) is 0 Å². The number of aryl methyl sites for hydroxylation is 1. The number of aromatic nitrogens is 4. The van der Waals surface area contributed by atoms with Crippen LogP contribution in [0.25, 0.3) is 33.5 Å². The quantitative estimate of drug-likeness (QED) is 0.304. The van der Waals surface area contributed by atoms with E-state index in [1.807, 2.05) is 6.07 Å². The van der Waals surface area contributed by atoms with Crippen LogP contribution in [0.5, 0.6) is 5.75 Å². The Hall–Kier alpha value is -4.05. The van der Waals surface area contributed by atoms with Crippen molar-refractivity contribution in [3.8, 4) is 17.1 Å². The van der Waals surface area contributed by atoms with E-state index in [9.17, 15) is 13.2 Å². The van der Waals surface area contributed by atoms with Gasteiger partial charge in [0.1, 0.15) is 29.2 Å². The van der Waals surface area contributed by atoms with Crippen molar-refractivity contribution in [3.63, 3.8) is 0 Å². The Kier molecular flexibility index (Phi) is 6.19. The predicted octanol–water partition coefficient (Wildman–Crippen LogP) is 5.63. The number of anilines is 1. The molecule has 0 spiro atoms. The van der Waals surface area contributed by atoms with Crippen molar-refractivity contribution in [2.24, 2.45) is 0 Å². The number of fused-ring (bicyclic) bond motifs is 2. The van der Waals surface area contributed by atoms with Gasteiger partial charge in [-0.2, -0.15) is 13.2 Å². The van der Waals surface area contributed by atoms with Crippen LogP contribution in [-0.2, 0) is 6.18 Å². The summed E-state index contributed by atoms with van der Waals surface area (Å²) in [7, 11) is 0. The number of H-pyrrole nitrogens is 2. The summed E-state index contributed by atoms with van der Waals surface area (Å²) in [5, 5.41) is 0. The van der Waals surface area contributed by atoms with E-state index in [0.29, 0.717) is 24.4 Å². The number of imidazole rings is 2. The van der Waals surface area contributed by atoms with Gasteiger partial charge in [-0.3, -0.25) is 4.90 Å². The molecule has 0 aliphatic carbocycles. The number of benzene rings is 3. The highest BCUT2D eigenvalue weighted by Gasteiger charge is 2.35. The molecule has 38 heavy (non-hydrogen) atoms. The van der Waals surface area contributed by atoms with Crippen LogP contribution in [0.3, 0.4) is 0 Å². The molecule has 0 saturated carbocycles. The molecule has 2 aromatic heterocycles. The van der Waals surface area contributed by atoms with Crippen molar-refractivity contribution in [1.82, 2.24) is 24.8 Å². The largest absolute Gasteiger partial charge is 0.490 e. The molecule has 196 valence electrons. The van der Waals surface area contributed by atoms with Crippen LogP contribution in [-0.4, -0.2) is 64.2 Å². The maximum atomic E-state index is 13.0. The fraction of sp³-hybridized carbons (Fsp3) is 0.286. The van der Waals surface area contributed by atoms with E-state index in [1.165, 1.54) is 5.56 Å². The van der Waals surface area contributed by atoms with E-state index >= 15 is 0 Å². The molecule has 10 heteroatoms. The molecule has 1 aliphatic heterocycles. The highest BCUT2D eigenvalue weighted by molar-refractivity contribution is 5.91. The highest BCUT2D eigenvalue weighted by atomic mass is 19.4. The summed E-state index contributed by atoms with van der Waals surface area (Å²) in [6.45, 7) is 6.49. The lowest BCUT2D eigenvalue weighted by molar-refractivity contribution is -0.144. The van der Waals surface area contributed by atoms with Crippen LogP contribution in [0.2, 0.25) is 0 Å². The molecule has 0 unspecified atom stereocenters. The minimum atomic E-state index is -4.53. The summed E-state index contributed by atoms with van der Waals surface area (Å²) < 4.78 is 45.0. The zero-order valence-corrected chi connectivity index (χ0v) is 20.8. The van der Waals surface area contributed by atoms with Crippen molar-refractivity contribution in [2.75, 3.05) is 44.2 Å². The van der Waals surface area contributed by atoms with Gasteiger partial charge in [-0.05, 0) is 37.3 Å². The number of hydrogen-bond donors (Lipinski definition) is 2. The highest BCUT2D eigenvalue weighted by Crippen LogP contribution is 2.32. The third kappa shape index (κ3) is 4.79. The Bertz CT molecular complexity index is 1580. The fourth-order valence-corrected chi connectivity index (χ4v) is 4.95. The number of rotatable bonds is 6. The van der Waals surface area contributed by atoms with Gasteiger partial charge >= 0.3 is 6.18 Å². The third-order valence-electron chi connectivity index (χ3n) is 6.91. The number of nitrogens with zero attached hydrogens (tertiary/aromatic N) is 4. The molecule has 0 bridgehead atoms. The zero-order valence-electron chi connectivity index (χ0n) is 20.8. The number of halogens is 3. The molecular formula is C28H27F3N6O. The van der Waals surface area contributed by atoms with Crippen molar-refractivity contribution in [3.05, 3.63) is 72.1 Å². The van der Waals surface area contributed by atoms with Crippen molar-refractivity contribution in [2.45, 2.75) is 13.1 Å². The Morgan fingerprint density at radius 2 is 1.61 bits per heavy atom. The summed E-state index contributed by atoms with van der Waals surface area (Å²) in [6.07, 6.45) is -4.53. The van der Waals surface area contributed by atoms with Crippen molar-refractivity contribution < 1.29 is 17.9 Å². The van der Waals surface area contributed by atoms with E-state index in [-0.39, 0.29) is 5.52 Å². The topological polar surface area (TPSA) is 73.1 Å². The van der Waals surface area contributed by atoms with Crippen LogP contribution in [0, 0.1) is 6.92 Å². The van der Waals surface area contributed by atoms with Crippen LogP contribution in [0.1, 0.15) is 11.4 Å². The summed E-state index contributed by atoms with van der Waals surface area (Å²) in [5.74, 6) is 0.196. The van der Waals surface area contributed by atoms with E-state index < -0.39 is 12.0 Å². The van der Waals surface area contributed by atoms with Crippen molar-refractivity contribution >= 4 is 27.8 Å². The summed E-state index contributed by atoms with van der Waals surface area (Å²) >= 11 is 0. The molecule has 5 aromatic rings. The average Bonchev–Trinajstić information content (AvgIpc) is 3.54. The molecule has 0 radical (unpaired) electrons. The second-order valence-electron chi connectivity index (χ2n) is 9.54. The van der Waals surface area contributed by atoms with Gasteiger partial charge in [-0.1, -0.05) is 35.9 Å². The molecule has 6 rings (SSSR count). The van der Waals surface area contributed by atoms with Crippen LogP contribution in [0.4, 0.5) is 18.9 Å². The number of ether oxygens (including phenoxy) is 1. The third-order valence-corrected chi connectivity index (χ3v) is 6.91. The van der Waals surface area contributed by atoms with Crippen molar-refractivity contribution in [1.29, 1.82) is 0 Å². The number of aromatic amines is 2. The Morgan fingerprint density at radius 3 is 2.37 bits per heavy atom. The zero-order chi connectivity index (χ0) is 26.3. The van der Waals surface area contributed by atoms with E-state index in [1.54, 1.807) is 18.2 Å². The molecule has 2 N–H and O–H groups in total. The number of piperazine rings is 1. The summed E-state index contributed by atoms with van der Waals surface area (Å²) in [6, 6.07) is 19.4. The van der Waals surface area contributed by atoms with Gasteiger partial charge in [-0.25, -0.2) is 9.97 Å². The number of alkyl halides is 3. The molecule has 1 fully saturated rings. The Balaban J connectivity index is 1.09. The second kappa shape index (κ2) is 9.68. The lowest BCUT2D eigenvalue weighted by atomic mass is 10.1. The molecule has 7 nitrogen and oxygen atoms in total. The first-order chi connectivity index (χ1) is 18.3. The maximum Gasteiger partial charge on any atom is 0.449 e. The number of para-hydroxylation sites is 2. The summed E-state index contributed by atoms with van der Waals surface area (Å²) in [5.41, 5.74) is 5.84. The first-order valence-corrected chi connectivity index (χ1v) is 12.6. The molecule has 3 heterocycles. The standard InChI is InChI=1S/C28H27F3N6O/c1-18-5-2-6-19(17-18)26-32-20-7-3-9-22(24(20)34-26)37-13-11-36(12-14-37)15-16-38-23-10-4-8-21-25(23)35-27(33-21)28(29,30)31/h2-10,17H,11-16H2,1H3,(H,32,34)(H,33,35). The molecule has 0 atom stereocenters. The lowest BCUT2D eigenvalue weighted by Gasteiger charge is -2.36. The van der Waals surface area contributed by atoms with Gasteiger partial charge in [0.25, 0.3) is 0 Å². The minimum Gasteiger partial charge on any atom is -0.490 e. The number of hydrogen-bond acceptors (Lipinski definition) is 5. The average molecular weight is 521 g/mol. The molecule has 3 aromatic carbocycles. The van der Waals surface area contributed by atoms with Gasteiger partial charge in [0.2, 0.25) is 5.82 Å². The van der Waals surface area contributed by atoms with Gasteiger partial charge < -0.3 is 19.6 Å². The molecular weight excluding hydrogens is 493 g/mol. The van der Waals surface area contributed by atoms with Crippen LogP contribution in [0.15, 0.2) is 60.7 Å². The van der Waals surface area contributed by atoms with E-state index in [4.69, 9.17) is 9.72 Å². The Morgan fingerprint density at radius 1 is 0.868 bits per heavy atom. The molecule has 1 saturated heterocycles. The molecule has 0 amide bonds. The summed E-state index contributed by atoms with van der Waals surface area (Å²) in [4.78, 5) is 19.1. The normalized spacial score (nSPS) is 15.0. The van der Waals surface area contributed by atoms with E-state index in [0.717, 1.165) is 54.3 Å². The second-order valence-corrected chi connectivity index (χ2v) is 9.54. The first-order valence-electron chi connectivity index (χ1n) is 12.6. The van der Waals surface area contributed by atoms with Crippen LogP contribution < -0.4 is 9.64 Å². The smallest absolute Gasteiger partial charge is 0.449 e. The lowest BCUT2D eigenvalue weighted by Crippen LogP contribution is -2.47. The van der Waals surface area contributed by atoms with E-state index in [2.05, 4.69) is 68.1 Å².